The van der Waals surface area contributed by atoms with Gasteiger partial charge in [0.25, 0.3) is 10.2 Å². The highest BCUT2D eigenvalue weighted by Crippen LogP contribution is 2.25. The molecule has 0 spiro atoms. The summed E-state index contributed by atoms with van der Waals surface area (Å²) in [6, 6.07) is 0.268. The van der Waals surface area contributed by atoms with E-state index in [0.29, 0.717) is 19.6 Å². The van der Waals surface area contributed by atoms with Gasteiger partial charge >= 0.3 is 0 Å². The Hall–Kier alpha value is -0.170. The minimum atomic E-state index is -3.28. The second kappa shape index (κ2) is 5.45. The predicted octanol–water partition coefficient (Wildman–Crippen LogP) is 0.775. The molecule has 3 unspecified atom stereocenters. The van der Waals surface area contributed by atoms with Gasteiger partial charge in [-0.15, -0.1) is 0 Å². The Labute approximate surface area is 110 Å². The van der Waals surface area contributed by atoms with Crippen molar-refractivity contribution >= 4 is 10.2 Å². The van der Waals surface area contributed by atoms with E-state index in [1.165, 1.54) is 0 Å². The number of rotatable bonds is 2. The molecule has 2 fully saturated rings. The van der Waals surface area contributed by atoms with E-state index in [4.69, 9.17) is 5.73 Å². The average molecular weight is 275 g/mol. The van der Waals surface area contributed by atoms with Crippen LogP contribution in [0.25, 0.3) is 0 Å². The van der Waals surface area contributed by atoms with Gasteiger partial charge in [-0.25, -0.2) is 0 Å². The second-order valence-corrected chi connectivity index (χ2v) is 7.63. The Morgan fingerprint density at radius 3 is 2.44 bits per heavy atom. The van der Waals surface area contributed by atoms with Crippen molar-refractivity contribution in [3.05, 3.63) is 0 Å². The van der Waals surface area contributed by atoms with Crippen molar-refractivity contribution in [2.24, 2.45) is 11.7 Å². The molecular formula is C12H25N3O2S. The van der Waals surface area contributed by atoms with Crippen molar-refractivity contribution < 1.29 is 8.42 Å². The molecule has 2 saturated heterocycles. The van der Waals surface area contributed by atoms with Crippen molar-refractivity contribution in [1.29, 1.82) is 0 Å². The standard InChI is InChI=1S/C12H25N3O2S/c1-10-9-14(8-6-12(10)13)18(16,17)15-7-4-3-5-11(15)2/h10-12H,3-9,13H2,1-2H3. The maximum absolute atomic E-state index is 12.6. The third-order valence-corrected chi connectivity index (χ3v) is 6.42. The zero-order valence-corrected chi connectivity index (χ0v) is 12.2. The predicted molar refractivity (Wildman–Crippen MR) is 72.3 cm³/mol. The average Bonchev–Trinajstić information content (AvgIpc) is 2.33. The first-order valence-corrected chi connectivity index (χ1v) is 8.35. The SMILES string of the molecule is CC1CN(S(=O)(=O)N2CCCCC2C)CCC1N. The van der Waals surface area contributed by atoms with Gasteiger partial charge in [-0.1, -0.05) is 13.3 Å². The maximum atomic E-state index is 12.6. The lowest BCUT2D eigenvalue weighted by atomic mass is 9.96. The summed E-state index contributed by atoms with van der Waals surface area (Å²) < 4.78 is 28.5. The van der Waals surface area contributed by atoms with Crippen LogP contribution in [0.1, 0.15) is 39.5 Å². The molecule has 3 atom stereocenters. The molecule has 0 amide bonds. The lowest BCUT2D eigenvalue weighted by Crippen LogP contribution is -2.55. The first-order chi connectivity index (χ1) is 8.43. The minimum absolute atomic E-state index is 0.134. The highest BCUT2D eigenvalue weighted by molar-refractivity contribution is 7.86. The van der Waals surface area contributed by atoms with E-state index >= 15 is 0 Å². The van der Waals surface area contributed by atoms with Crippen LogP contribution in [0.15, 0.2) is 0 Å². The van der Waals surface area contributed by atoms with E-state index in [9.17, 15) is 8.42 Å². The van der Waals surface area contributed by atoms with Crippen molar-refractivity contribution in [1.82, 2.24) is 8.61 Å². The molecule has 0 saturated carbocycles. The summed E-state index contributed by atoms with van der Waals surface area (Å²) in [4.78, 5) is 0. The number of hydrogen-bond acceptors (Lipinski definition) is 3. The fourth-order valence-corrected chi connectivity index (χ4v) is 4.87. The maximum Gasteiger partial charge on any atom is 0.282 e. The molecule has 6 heteroatoms. The summed E-state index contributed by atoms with van der Waals surface area (Å²) in [5.41, 5.74) is 5.95. The fourth-order valence-electron chi connectivity index (χ4n) is 2.90. The van der Waals surface area contributed by atoms with Crippen LogP contribution in [-0.2, 0) is 10.2 Å². The molecule has 0 bridgehead atoms. The summed E-state index contributed by atoms with van der Waals surface area (Å²) >= 11 is 0. The second-order valence-electron chi connectivity index (χ2n) is 5.75. The quantitative estimate of drug-likeness (QED) is 0.809. The first kappa shape index (κ1) is 14.2. The minimum Gasteiger partial charge on any atom is -0.327 e. The Morgan fingerprint density at radius 1 is 1.11 bits per heavy atom. The highest BCUT2D eigenvalue weighted by Gasteiger charge is 2.37. The van der Waals surface area contributed by atoms with Crippen molar-refractivity contribution in [3.63, 3.8) is 0 Å². The van der Waals surface area contributed by atoms with Gasteiger partial charge in [0.15, 0.2) is 0 Å². The van der Waals surface area contributed by atoms with Gasteiger partial charge < -0.3 is 5.73 Å². The number of nitrogens with zero attached hydrogens (tertiary/aromatic N) is 2. The van der Waals surface area contributed by atoms with Gasteiger partial charge in [-0.05, 0) is 32.1 Å². The summed E-state index contributed by atoms with van der Waals surface area (Å²) in [6.07, 6.45) is 3.85. The molecule has 0 aliphatic carbocycles. The Kier molecular flexibility index (Phi) is 4.31. The molecule has 2 aliphatic rings. The summed E-state index contributed by atoms with van der Waals surface area (Å²) in [7, 11) is -3.28. The molecule has 0 radical (unpaired) electrons. The van der Waals surface area contributed by atoms with Crippen LogP contribution < -0.4 is 5.73 Å². The molecule has 2 rings (SSSR count). The zero-order chi connectivity index (χ0) is 13.3. The van der Waals surface area contributed by atoms with Gasteiger partial charge in [0.05, 0.1) is 0 Å². The van der Waals surface area contributed by atoms with Gasteiger partial charge in [-0.3, -0.25) is 0 Å². The van der Waals surface area contributed by atoms with E-state index < -0.39 is 10.2 Å². The Bertz CT molecular complexity index is 385. The lowest BCUT2D eigenvalue weighted by Gasteiger charge is -2.40. The molecule has 0 aromatic carbocycles. The molecular weight excluding hydrogens is 250 g/mol. The topological polar surface area (TPSA) is 66.6 Å². The van der Waals surface area contributed by atoms with Crippen LogP contribution >= 0.6 is 0 Å². The van der Waals surface area contributed by atoms with Crippen LogP contribution in [-0.4, -0.2) is 48.7 Å². The van der Waals surface area contributed by atoms with E-state index in [1.54, 1.807) is 8.61 Å². The van der Waals surface area contributed by atoms with Gasteiger partial charge in [-0.2, -0.15) is 17.0 Å². The smallest absolute Gasteiger partial charge is 0.282 e. The number of nitrogens with two attached hydrogens (primary N) is 1. The molecule has 106 valence electrons. The van der Waals surface area contributed by atoms with E-state index in [0.717, 1.165) is 25.7 Å². The molecule has 2 N–H and O–H groups in total. The Balaban J connectivity index is 2.10. The number of piperidine rings is 2. The zero-order valence-electron chi connectivity index (χ0n) is 11.4. The normalized spacial score (nSPS) is 36.7. The molecule has 2 heterocycles. The highest BCUT2D eigenvalue weighted by atomic mass is 32.2. The summed E-state index contributed by atoms with van der Waals surface area (Å²) in [6.45, 7) is 5.84. The summed E-state index contributed by atoms with van der Waals surface area (Å²) in [5.74, 6) is 0.244. The number of hydrogen-bond donors (Lipinski definition) is 1. The molecule has 18 heavy (non-hydrogen) atoms. The monoisotopic (exact) mass is 275 g/mol. The molecule has 0 aromatic rings. The Morgan fingerprint density at radius 2 is 1.83 bits per heavy atom. The van der Waals surface area contributed by atoms with Crippen molar-refractivity contribution in [3.8, 4) is 0 Å². The van der Waals surface area contributed by atoms with E-state index in [2.05, 4.69) is 0 Å². The van der Waals surface area contributed by atoms with Crippen LogP contribution in [0.3, 0.4) is 0 Å². The molecule has 0 aromatic heterocycles. The van der Waals surface area contributed by atoms with Crippen molar-refractivity contribution in [2.45, 2.75) is 51.6 Å². The first-order valence-electron chi connectivity index (χ1n) is 6.95. The fraction of sp³-hybridized carbons (Fsp3) is 1.00. The lowest BCUT2D eigenvalue weighted by molar-refractivity contribution is 0.207. The van der Waals surface area contributed by atoms with Crippen LogP contribution in [0, 0.1) is 5.92 Å². The largest absolute Gasteiger partial charge is 0.327 e. The third-order valence-electron chi connectivity index (χ3n) is 4.30. The molecule has 2 aliphatic heterocycles. The van der Waals surface area contributed by atoms with Gasteiger partial charge in [0.2, 0.25) is 0 Å². The van der Waals surface area contributed by atoms with Crippen molar-refractivity contribution in [2.75, 3.05) is 19.6 Å². The van der Waals surface area contributed by atoms with Crippen LogP contribution in [0.4, 0.5) is 0 Å². The van der Waals surface area contributed by atoms with E-state index in [1.807, 2.05) is 13.8 Å². The molecule has 5 nitrogen and oxygen atoms in total. The van der Waals surface area contributed by atoms with Gasteiger partial charge in [0, 0.05) is 31.7 Å². The summed E-state index contributed by atoms with van der Waals surface area (Å²) in [5, 5.41) is 0. The van der Waals surface area contributed by atoms with Gasteiger partial charge in [0.1, 0.15) is 0 Å². The third kappa shape index (κ3) is 2.71. The van der Waals surface area contributed by atoms with Crippen LogP contribution in [0.2, 0.25) is 0 Å². The van der Waals surface area contributed by atoms with E-state index in [-0.39, 0.29) is 18.0 Å². The van der Waals surface area contributed by atoms with Crippen LogP contribution in [0.5, 0.6) is 0 Å².